The van der Waals surface area contributed by atoms with Gasteiger partial charge in [-0.1, -0.05) is 20.3 Å². The second-order valence-electron chi connectivity index (χ2n) is 6.23. The van der Waals surface area contributed by atoms with Gasteiger partial charge in [-0.15, -0.1) is 0 Å². The Morgan fingerprint density at radius 1 is 1.14 bits per heavy atom. The topological polar surface area (TPSA) is 78.7 Å². The summed E-state index contributed by atoms with van der Waals surface area (Å²) in [6.45, 7) is 11.1. The molecule has 1 aliphatic heterocycles. The molecule has 6 nitrogen and oxygen atoms in total. The number of nitrogens with one attached hydrogen (secondary N) is 1. The predicted molar refractivity (Wildman–Crippen MR) is 83.7 cm³/mol. The van der Waals surface area contributed by atoms with E-state index >= 15 is 0 Å². The summed E-state index contributed by atoms with van der Waals surface area (Å²) in [7, 11) is 0. The number of carbonyl (C=O) groups excluding carboxylic acids is 2. The van der Waals surface area contributed by atoms with Crippen molar-refractivity contribution in [2.45, 2.75) is 46.2 Å². The van der Waals surface area contributed by atoms with E-state index < -0.39 is 6.04 Å². The van der Waals surface area contributed by atoms with Gasteiger partial charge in [-0.05, 0) is 19.8 Å². The first-order valence-corrected chi connectivity index (χ1v) is 7.91. The fourth-order valence-corrected chi connectivity index (χ4v) is 2.41. The fourth-order valence-electron chi connectivity index (χ4n) is 2.41. The third-order valence-corrected chi connectivity index (χ3v) is 4.04. The molecule has 0 aromatic carbocycles. The molecule has 6 heteroatoms. The van der Waals surface area contributed by atoms with E-state index in [-0.39, 0.29) is 23.8 Å². The van der Waals surface area contributed by atoms with E-state index in [4.69, 9.17) is 5.73 Å². The molecule has 0 aromatic heterocycles. The lowest BCUT2D eigenvalue weighted by Gasteiger charge is -2.36. The summed E-state index contributed by atoms with van der Waals surface area (Å²) in [4.78, 5) is 27.9. The molecule has 122 valence electrons. The molecule has 1 fully saturated rings. The lowest BCUT2D eigenvalue weighted by Crippen LogP contribution is -2.55. The summed E-state index contributed by atoms with van der Waals surface area (Å²) in [5.74, 6) is 0.282. The van der Waals surface area contributed by atoms with Gasteiger partial charge < -0.3 is 16.0 Å². The highest BCUT2D eigenvalue weighted by molar-refractivity contribution is 5.82. The Kier molecular flexibility index (Phi) is 7.11. The summed E-state index contributed by atoms with van der Waals surface area (Å²) in [6, 6.07) is -0.250. The summed E-state index contributed by atoms with van der Waals surface area (Å²) in [5, 5.41) is 2.88. The second-order valence-corrected chi connectivity index (χ2v) is 6.23. The van der Waals surface area contributed by atoms with E-state index in [0.29, 0.717) is 19.6 Å². The molecule has 1 rings (SSSR count). The molecule has 2 amide bonds. The van der Waals surface area contributed by atoms with Crippen molar-refractivity contribution < 1.29 is 9.59 Å². The predicted octanol–water partition coefficient (Wildman–Crippen LogP) is 0.0286. The molecule has 3 N–H and O–H groups in total. The molecule has 21 heavy (non-hydrogen) atoms. The summed E-state index contributed by atoms with van der Waals surface area (Å²) < 4.78 is 0. The largest absolute Gasteiger partial charge is 0.353 e. The number of hydrogen-bond donors (Lipinski definition) is 2. The minimum absolute atomic E-state index is 0.0376. The van der Waals surface area contributed by atoms with Gasteiger partial charge in [-0.3, -0.25) is 14.5 Å². The zero-order valence-corrected chi connectivity index (χ0v) is 13.8. The van der Waals surface area contributed by atoms with E-state index in [1.54, 1.807) is 0 Å². The lowest BCUT2D eigenvalue weighted by molar-refractivity contribution is -0.135. The molecule has 0 radical (unpaired) electrons. The Labute approximate surface area is 128 Å². The van der Waals surface area contributed by atoms with Crippen LogP contribution in [0.4, 0.5) is 0 Å². The minimum atomic E-state index is -0.411. The van der Waals surface area contributed by atoms with Crippen molar-refractivity contribution in [3.8, 4) is 0 Å². The lowest BCUT2D eigenvalue weighted by atomic mass is 9.98. The van der Waals surface area contributed by atoms with Crippen LogP contribution < -0.4 is 11.1 Å². The van der Waals surface area contributed by atoms with Crippen LogP contribution in [0, 0.1) is 5.92 Å². The monoisotopic (exact) mass is 298 g/mol. The van der Waals surface area contributed by atoms with Gasteiger partial charge in [-0.2, -0.15) is 0 Å². The van der Waals surface area contributed by atoms with Crippen molar-refractivity contribution in [2.24, 2.45) is 11.7 Å². The number of carbonyl (C=O) groups is 2. The van der Waals surface area contributed by atoms with Gasteiger partial charge in [0.05, 0.1) is 12.6 Å². The van der Waals surface area contributed by atoms with E-state index in [1.807, 2.05) is 32.6 Å². The van der Waals surface area contributed by atoms with Gasteiger partial charge in [0, 0.05) is 32.2 Å². The Balaban J connectivity index is 2.38. The maximum absolute atomic E-state index is 12.3. The van der Waals surface area contributed by atoms with E-state index in [2.05, 4.69) is 10.2 Å². The van der Waals surface area contributed by atoms with E-state index in [0.717, 1.165) is 19.5 Å². The van der Waals surface area contributed by atoms with Gasteiger partial charge >= 0.3 is 0 Å². The first kappa shape index (κ1) is 17.9. The van der Waals surface area contributed by atoms with Crippen LogP contribution in [0.25, 0.3) is 0 Å². The number of nitrogens with zero attached hydrogens (tertiary/aromatic N) is 2. The molecule has 1 aliphatic rings. The van der Waals surface area contributed by atoms with Gasteiger partial charge in [0.2, 0.25) is 11.8 Å². The number of piperazine rings is 1. The molecule has 0 bridgehead atoms. The van der Waals surface area contributed by atoms with Crippen LogP contribution in [0.1, 0.15) is 34.1 Å². The zero-order valence-electron chi connectivity index (χ0n) is 13.8. The quantitative estimate of drug-likeness (QED) is 0.725. The van der Waals surface area contributed by atoms with Crippen molar-refractivity contribution in [1.29, 1.82) is 0 Å². The number of hydrogen-bond acceptors (Lipinski definition) is 4. The minimum Gasteiger partial charge on any atom is -0.353 e. The maximum atomic E-state index is 12.3. The van der Waals surface area contributed by atoms with Crippen LogP contribution in [-0.4, -0.2) is 66.4 Å². The molecular weight excluding hydrogens is 268 g/mol. The highest BCUT2D eigenvalue weighted by Gasteiger charge is 2.28. The Morgan fingerprint density at radius 2 is 1.71 bits per heavy atom. The average molecular weight is 298 g/mol. The standard InChI is InChI=1S/C15H30N4O2/c1-5-12(4)14(16)15(21)19-8-6-18(7-9-19)10-13(20)17-11(2)3/h11-12,14H,5-10,16H2,1-4H3,(H,17,20). The van der Waals surface area contributed by atoms with Crippen LogP contribution in [0.15, 0.2) is 0 Å². The molecule has 1 heterocycles. The van der Waals surface area contributed by atoms with E-state index in [9.17, 15) is 9.59 Å². The Morgan fingerprint density at radius 3 is 2.19 bits per heavy atom. The maximum Gasteiger partial charge on any atom is 0.239 e. The van der Waals surface area contributed by atoms with Crippen molar-refractivity contribution in [1.82, 2.24) is 15.1 Å². The van der Waals surface area contributed by atoms with Gasteiger partial charge in [-0.25, -0.2) is 0 Å². The van der Waals surface area contributed by atoms with Crippen LogP contribution >= 0.6 is 0 Å². The third kappa shape index (κ3) is 5.63. The molecule has 2 unspecified atom stereocenters. The summed E-state index contributed by atoms with van der Waals surface area (Å²) in [5.41, 5.74) is 6.00. The highest BCUT2D eigenvalue weighted by atomic mass is 16.2. The first-order valence-electron chi connectivity index (χ1n) is 7.91. The fraction of sp³-hybridized carbons (Fsp3) is 0.867. The van der Waals surface area contributed by atoms with Crippen LogP contribution in [0.5, 0.6) is 0 Å². The molecule has 1 saturated heterocycles. The van der Waals surface area contributed by atoms with E-state index in [1.165, 1.54) is 0 Å². The molecular formula is C15H30N4O2. The van der Waals surface area contributed by atoms with Gasteiger partial charge in [0.25, 0.3) is 0 Å². The molecule has 0 aliphatic carbocycles. The van der Waals surface area contributed by atoms with Crippen LogP contribution in [0.3, 0.4) is 0 Å². The summed E-state index contributed by atoms with van der Waals surface area (Å²) in [6.07, 6.45) is 0.905. The van der Waals surface area contributed by atoms with Crippen LogP contribution in [0.2, 0.25) is 0 Å². The van der Waals surface area contributed by atoms with Crippen LogP contribution in [-0.2, 0) is 9.59 Å². The molecule has 2 atom stereocenters. The number of rotatable bonds is 6. The average Bonchev–Trinajstić information content (AvgIpc) is 2.44. The zero-order chi connectivity index (χ0) is 16.0. The smallest absolute Gasteiger partial charge is 0.239 e. The SMILES string of the molecule is CCC(C)C(N)C(=O)N1CCN(CC(=O)NC(C)C)CC1. The van der Waals surface area contributed by atoms with Gasteiger partial charge in [0.1, 0.15) is 0 Å². The number of amides is 2. The van der Waals surface area contributed by atoms with Crippen molar-refractivity contribution >= 4 is 11.8 Å². The normalized spacial score (nSPS) is 19.4. The van der Waals surface area contributed by atoms with Crippen molar-refractivity contribution in [3.05, 3.63) is 0 Å². The second kappa shape index (κ2) is 8.34. The Hall–Kier alpha value is -1.14. The Bertz CT molecular complexity index is 352. The third-order valence-electron chi connectivity index (χ3n) is 4.04. The molecule has 0 spiro atoms. The van der Waals surface area contributed by atoms with Crippen molar-refractivity contribution in [2.75, 3.05) is 32.7 Å². The number of nitrogens with two attached hydrogens (primary N) is 1. The highest BCUT2D eigenvalue weighted by Crippen LogP contribution is 2.10. The molecule has 0 aromatic rings. The van der Waals surface area contributed by atoms with Gasteiger partial charge in [0.15, 0.2) is 0 Å². The molecule has 0 saturated carbocycles. The first-order chi connectivity index (χ1) is 9.85. The summed E-state index contributed by atoms with van der Waals surface area (Å²) >= 11 is 0. The van der Waals surface area contributed by atoms with Crippen molar-refractivity contribution in [3.63, 3.8) is 0 Å².